The summed E-state index contributed by atoms with van der Waals surface area (Å²) in [7, 11) is 2.03. The number of benzene rings is 1. The van der Waals surface area contributed by atoms with E-state index in [-0.39, 0.29) is 0 Å². The van der Waals surface area contributed by atoms with Gasteiger partial charge in [-0.3, -0.25) is 9.58 Å². The molecule has 0 amide bonds. The van der Waals surface area contributed by atoms with E-state index >= 15 is 0 Å². The lowest BCUT2D eigenvalue weighted by atomic mass is 10.1. The van der Waals surface area contributed by atoms with Crippen molar-refractivity contribution in [2.45, 2.75) is 13.5 Å². The third-order valence-electron chi connectivity index (χ3n) is 4.95. The largest absolute Gasteiger partial charge is 0.346 e. The van der Waals surface area contributed by atoms with Crippen LogP contribution in [0.15, 0.2) is 41.9 Å². The average Bonchev–Trinajstić information content (AvgIpc) is 3.28. The van der Waals surface area contributed by atoms with Crippen molar-refractivity contribution in [2.24, 2.45) is 7.05 Å². The van der Waals surface area contributed by atoms with Crippen LogP contribution in [-0.2, 0) is 13.6 Å². The van der Waals surface area contributed by atoms with Gasteiger partial charge in [-0.25, -0.2) is 4.98 Å². The number of hydrogen-bond donors (Lipinski definition) is 0. The molecule has 1 fully saturated rings. The first-order valence-electron chi connectivity index (χ1n) is 8.67. The predicted octanol–water partition coefficient (Wildman–Crippen LogP) is 3.17. The highest BCUT2D eigenvalue weighted by atomic mass is 32.1. The fourth-order valence-corrected chi connectivity index (χ4v) is 4.06. The molecule has 0 bridgehead atoms. The number of rotatable bonds is 4. The van der Waals surface area contributed by atoms with Gasteiger partial charge in [0.15, 0.2) is 5.13 Å². The minimum atomic E-state index is 0.954. The number of hydrogen-bond acceptors (Lipinski definition) is 5. The summed E-state index contributed by atoms with van der Waals surface area (Å²) in [5.74, 6) is 0. The number of anilines is 1. The smallest absolute Gasteiger partial charge is 0.185 e. The van der Waals surface area contributed by atoms with E-state index in [1.807, 2.05) is 23.3 Å². The van der Waals surface area contributed by atoms with Crippen LogP contribution in [0.2, 0.25) is 0 Å². The summed E-state index contributed by atoms with van der Waals surface area (Å²) in [5.41, 5.74) is 4.91. The first kappa shape index (κ1) is 16.3. The summed E-state index contributed by atoms with van der Waals surface area (Å²) in [4.78, 5) is 9.35. The monoisotopic (exact) mass is 353 g/mol. The summed E-state index contributed by atoms with van der Waals surface area (Å²) < 4.78 is 2.00. The second kappa shape index (κ2) is 6.98. The third kappa shape index (κ3) is 3.32. The molecular formula is C19H23N5S. The second-order valence-electron chi connectivity index (χ2n) is 6.48. The van der Waals surface area contributed by atoms with Gasteiger partial charge in [0, 0.05) is 68.2 Å². The zero-order valence-corrected chi connectivity index (χ0v) is 15.5. The number of nitrogens with zero attached hydrogens (tertiary/aromatic N) is 5. The van der Waals surface area contributed by atoms with Gasteiger partial charge in [-0.2, -0.15) is 5.10 Å². The topological polar surface area (TPSA) is 37.2 Å². The molecule has 0 spiro atoms. The van der Waals surface area contributed by atoms with Gasteiger partial charge in [0.25, 0.3) is 0 Å². The van der Waals surface area contributed by atoms with E-state index in [1.54, 1.807) is 11.3 Å². The molecule has 130 valence electrons. The summed E-state index contributed by atoms with van der Waals surface area (Å²) in [5, 5.41) is 7.96. The SMILES string of the molecule is Cc1c(CN2CCN(c3nccs3)CC2)c(-c2ccccc2)nn1C. The van der Waals surface area contributed by atoms with Crippen LogP contribution in [0, 0.1) is 6.92 Å². The molecule has 0 atom stereocenters. The molecule has 1 saturated heterocycles. The highest BCUT2D eigenvalue weighted by molar-refractivity contribution is 7.13. The molecular weight excluding hydrogens is 330 g/mol. The Morgan fingerprint density at radius 2 is 1.84 bits per heavy atom. The molecule has 3 aromatic rings. The van der Waals surface area contributed by atoms with Crippen molar-refractivity contribution in [1.29, 1.82) is 0 Å². The van der Waals surface area contributed by atoms with Crippen molar-refractivity contribution in [2.75, 3.05) is 31.1 Å². The minimum Gasteiger partial charge on any atom is -0.346 e. The molecule has 6 heteroatoms. The molecule has 1 aliphatic heterocycles. The van der Waals surface area contributed by atoms with Gasteiger partial charge in [-0.15, -0.1) is 11.3 Å². The van der Waals surface area contributed by atoms with Crippen molar-refractivity contribution in [3.63, 3.8) is 0 Å². The third-order valence-corrected chi connectivity index (χ3v) is 5.78. The lowest BCUT2D eigenvalue weighted by molar-refractivity contribution is 0.249. The van der Waals surface area contributed by atoms with E-state index in [2.05, 4.69) is 52.0 Å². The van der Waals surface area contributed by atoms with Crippen LogP contribution in [0.5, 0.6) is 0 Å². The lowest BCUT2D eigenvalue weighted by Crippen LogP contribution is -2.46. The quantitative estimate of drug-likeness (QED) is 0.722. The van der Waals surface area contributed by atoms with Crippen LogP contribution in [-0.4, -0.2) is 45.8 Å². The normalized spacial score (nSPS) is 15.7. The van der Waals surface area contributed by atoms with Crippen LogP contribution >= 0.6 is 11.3 Å². The number of thiazole rings is 1. The molecule has 4 rings (SSSR count). The second-order valence-corrected chi connectivity index (χ2v) is 7.35. The first-order valence-corrected chi connectivity index (χ1v) is 9.55. The fraction of sp³-hybridized carbons (Fsp3) is 0.368. The molecule has 25 heavy (non-hydrogen) atoms. The highest BCUT2D eigenvalue weighted by Crippen LogP contribution is 2.27. The number of aromatic nitrogens is 3. The predicted molar refractivity (Wildman–Crippen MR) is 103 cm³/mol. The van der Waals surface area contributed by atoms with Crippen LogP contribution < -0.4 is 4.90 Å². The van der Waals surface area contributed by atoms with Crippen molar-refractivity contribution in [1.82, 2.24) is 19.7 Å². The molecule has 0 N–H and O–H groups in total. The van der Waals surface area contributed by atoms with E-state index in [1.165, 1.54) is 16.8 Å². The maximum absolute atomic E-state index is 4.77. The highest BCUT2D eigenvalue weighted by Gasteiger charge is 2.22. The fourth-order valence-electron chi connectivity index (χ4n) is 3.36. The van der Waals surface area contributed by atoms with Crippen LogP contribution in [0.1, 0.15) is 11.3 Å². The molecule has 2 aromatic heterocycles. The van der Waals surface area contributed by atoms with Gasteiger partial charge in [0.05, 0.1) is 5.69 Å². The van der Waals surface area contributed by atoms with Crippen molar-refractivity contribution >= 4 is 16.5 Å². The van der Waals surface area contributed by atoms with Gasteiger partial charge in [0.2, 0.25) is 0 Å². The van der Waals surface area contributed by atoms with E-state index in [4.69, 9.17) is 5.10 Å². The van der Waals surface area contributed by atoms with Gasteiger partial charge in [-0.1, -0.05) is 30.3 Å². The first-order chi connectivity index (χ1) is 12.2. The Labute approximate surface area is 152 Å². The zero-order valence-electron chi connectivity index (χ0n) is 14.7. The van der Waals surface area contributed by atoms with Gasteiger partial charge in [-0.05, 0) is 6.92 Å². The van der Waals surface area contributed by atoms with Gasteiger partial charge >= 0.3 is 0 Å². The van der Waals surface area contributed by atoms with Gasteiger partial charge in [0.1, 0.15) is 0 Å². The van der Waals surface area contributed by atoms with E-state index < -0.39 is 0 Å². The molecule has 0 saturated carbocycles. The van der Waals surface area contributed by atoms with Gasteiger partial charge < -0.3 is 4.90 Å². The molecule has 5 nitrogen and oxygen atoms in total. The molecule has 1 aromatic carbocycles. The Hall–Kier alpha value is -2.18. The standard InChI is InChI=1S/C19H23N5S/c1-15-17(18(21-22(15)2)16-6-4-3-5-7-16)14-23-9-11-24(12-10-23)19-20-8-13-25-19/h3-8,13H,9-12,14H2,1-2H3. The Morgan fingerprint density at radius 3 is 2.52 bits per heavy atom. The van der Waals surface area contributed by atoms with Crippen LogP contribution in [0.3, 0.4) is 0 Å². The molecule has 3 heterocycles. The number of piperazine rings is 1. The Bertz CT molecular complexity index is 817. The van der Waals surface area contributed by atoms with Crippen LogP contribution in [0.25, 0.3) is 11.3 Å². The Balaban J connectivity index is 1.50. The van der Waals surface area contributed by atoms with E-state index in [0.717, 1.165) is 43.5 Å². The van der Waals surface area contributed by atoms with E-state index in [0.29, 0.717) is 0 Å². The maximum Gasteiger partial charge on any atom is 0.185 e. The van der Waals surface area contributed by atoms with Crippen molar-refractivity contribution in [3.05, 3.63) is 53.2 Å². The molecule has 0 aliphatic carbocycles. The summed E-state index contributed by atoms with van der Waals surface area (Å²) in [6.45, 7) is 7.31. The summed E-state index contributed by atoms with van der Waals surface area (Å²) in [6, 6.07) is 10.5. The average molecular weight is 353 g/mol. The van der Waals surface area contributed by atoms with Crippen LogP contribution in [0.4, 0.5) is 5.13 Å². The lowest BCUT2D eigenvalue weighted by Gasteiger charge is -2.34. The Kier molecular flexibility index (Phi) is 4.55. The van der Waals surface area contributed by atoms with E-state index in [9.17, 15) is 0 Å². The zero-order chi connectivity index (χ0) is 17.2. The summed E-state index contributed by atoms with van der Waals surface area (Å²) >= 11 is 1.72. The molecule has 0 radical (unpaired) electrons. The number of aryl methyl sites for hydroxylation is 1. The van der Waals surface area contributed by atoms with Crippen molar-refractivity contribution < 1.29 is 0 Å². The molecule has 0 unspecified atom stereocenters. The maximum atomic E-state index is 4.77. The molecule has 1 aliphatic rings. The summed E-state index contributed by atoms with van der Waals surface area (Å²) in [6.07, 6.45) is 1.89. The minimum absolute atomic E-state index is 0.954. The van der Waals surface area contributed by atoms with Crippen molar-refractivity contribution in [3.8, 4) is 11.3 Å². The Morgan fingerprint density at radius 1 is 1.08 bits per heavy atom.